The Hall–Kier alpha value is -5.17. The molecule has 2 N–H and O–H groups in total. The van der Waals surface area contributed by atoms with E-state index in [4.69, 9.17) is 4.98 Å². The Kier molecular flexibility index (Phi) is 10.6. The topological polar surface area (TPSA) is 146 Å². The third kappa shape index (κ3) is 7.85. The first-order chi connectivity index (χ1) is 26.7. The predicted octanol–water partition coefficient (Wildman–Crippen LogP) is 5.51. The van der Waals surface area contributed by atoms with Crippen LogP contribution in [0.2, 0.25) is 0 Å². The zero-order chi connectivity index (χ0) is 38.1. The third-order valence-corrected chi connectivity index (χ3v) is 12.3. The van der Waals surface area contributed by atoms with Crippen LogP contribution in [-0.2, 0) is 9.59 Å². The van der Waals surface area contributed by atoms with Crippen LogP contribution in [0.25, 0.3) is 11.0 Å². The van der Waals surface area contributed by atoms with Gasteiger partial charge in [-0.05, 0) is 100 Å². The number of carbonyl (C=O) groups is 3. The maximum absolute atomic E-state index is 13.6. The molecule has 13 nitrogen and oxygen atoms in total. The molecule has 0 bridgehead atoms. The van der Waals surface area contributed by atoms with Crippen molar-refractivity contribution in [1.82, 2.24) is 29.7 Å². The summed E-state index contributed by atoms with van der Waals surface area (Å²) >= 11 is 0. The summed E-state index contributed by atoms with van der Waals surface area (Å²) in [5, 5.41) is 6.45. The van der Waals surface area contributed by atoms with Gasteiger partial charge in [-0.25, -0.2) is 9.97 Å². The van der Waals surface area contributed by atoms with E-state index in [1.54, 1.807) is 17.7 Å². The summed E-state index contributed by atoms with van der Waals surface area (Å²) in [4.78, 5) is 71.5. The number of Topliss-reactive ketones (excluding diaryl/α,β-unsaturated/α-hetero) is 1. The van der Waals surface area contributed by atoms with Crippen LogP contribution >= 0.6 is 0 Å². The standard InChI is InChI=1S/C42H51N9O4/c1-27-35-26-44-42(47-39(35)51(31-7-3-4-8-31)41(55)38(27)28(2)52)45-36-12-10-33(25-43-36)50-22-20-48(21-23-50)17-14-29-15-18-49(19-16-29)32-9-5-6-30(24-32)34-11-13-37(53)46-40(34)54/h5-6,9-10,12,24-26,29,31,34H,3-4,7-8,11,13-23H2,1-2H3,(H,46,53,54)(H,43,44,45,47)/t34-/m0/s1. The molecule has 2 amide bonds. The van der Waals surface area contributed by atoms with Gasteiger partial charge >= 0.3 is 0 Å². The maximum atomic E-state index is 13.6. The van der Waals surface area contributed by atoms with Crippen LogP contribution in [-0.4, -0.2) is 87.8 Å². The molecule has 288 valence electrons. The van der Waals surface area contributed by atoms with Crippen molar-refractivity contribution < 1.29 is 14.4 Å². The zero-order valence-electron chi connectivity index (χ0n) is 31.9. The first kappa shape index (κ1) is 36.8. The molecule has 1 atom stereocenters. The van der Waals surface area contributed by atoms with Crippen molar-refractivity contribution in [3.63, 3.8) is 0 Å². The smallest absolute Gasteiger partial charge is 0.263 e. The number of benzene rings is 1. The van der Waals surface area contributed by atoms with Gasteiger partial charge in [0.1, 0.15) is 11.5 Å². The highest BCUT2D eigenvalue weighted by Crippen LogP contribution is 2.33. The molecule has 4 aliphatic rings. The second kappa shape index (κ2) is 15.9. The molecule has 13 heteroatoms. The van der Waals surface area contributed by atoms with Crippen molar-refractivity contribution in [2.75, 3.05) is 60.9 Å². The molecule has 3 aliphatic heterocycles. The van der Waals surface area contributed by atoms with Crippen molar-refractivity contribution in [2.24, 2.45) is 5.92 Å². The summed E-state index contributed by atoms with van der Waals surface area (Å²) in [7, 11) is 0. The molecule has 55 heavy (non-hydrogen) atoms. The molecule has 6 heterocycles. The first-order valence-electron chi connectivity index (χ1n) is 20.0. The molecule has 4 aromatic rings. The SMILES string of the molecule is CC(=O)c1c(C)c2cnc(Nc3ccc(N4CCN(CCC5CCN(c6cccc([C@@H]7CCC(=O)NC7=O)c6)CC5)CC4)cn3)nc2n(C2CCCC2)c1=O. The molecule has 3 saturated heterocycles. The van der Waals surface area contributed by atoms with Crippen molar-refractivity contribution >= 4 is 51.8 Å². The fourth-order valence-corrected chi connectivity index (χ4v) is 9.09. The lowest BCUT2D eigenvalue weighted by molar-refractivity contribution is -0.134. The van der Waals surface area contributed by atoms with E-state index in [1.807, 2.05) is 24.4 Å². The van der Waals surface area contributed by atoms with Gasteiger partial charge in [-0.2, -0.15) is 4.98 Å². The van der Waals surface area contributed by atoms with Gasteiger partial charge in [-0.15, -0.1) is 0 Å². The average molecular weight is 746 g/mol. The van der Waals surface area contributed by atoms with E-state index in [-0.39, 0.29) is 40.7 Å². The van der Waals surface area contributed by atoms with Crippen LogP contribution in [0.5, 0.6) is 0 Å². The van der Waals surface area contributed by atoms with Crippen LogP contribution < -0.4 is 26.0 Å². The van der Waals surface area contributed by atoms with Gasteiger partial charge in [0.05, 0.1) is 23.4 Å². The van der Waals surface area contributed by atoms with Crippen LogP contribution in [0.3, 0.4) is 0 Å². The third-order valence-electron chi connectivity index (χ3n) is 12.3. The van der Waals surface area contributed by atoms with Gasteiger partial charge in [0.25, 0.3) is 5.56 Å². The van der Waals surface area contributed by atoms with E-state index >= 15 is 0 Å². The van der Waals surface area contributed by atoms with Gasteiger partial charge in [0.2, 0.25) is 17.8 Å². The average Bonchev–Trinajstić information content (AvgIpc) is 3.72. The molecule has 1 aromatic carbocycles. The van der Waals surface area contributed by atoms with Gasteiger partial charge in [-0.1, -0.05) is 25.0 Å². The van der Waals surface area contributed by atoms with Gasteiger partial charge in [0, 0.05) is 69.0 Å². The van der Waals surface area contributed by atoms with Crippen molar-refractivity contribution in [3.8, 4) is 0 Å². The fraction of sp³-hybridized carbons (Fsp3) is 0.500. The number of fused-ring (bicyclic) bond motifs is 1. The number of piperazine rings is 1. The molecule has 0 unspecified atom stereocenters. The normalized spacial score (nSPS) is 20.3. The lowest BCUT2D eigenvalue weighted by Gasteiger charge is -2.38. The van der Waals surface area contributed by atoms with E-state index in [0.717, 1.165) is 88.1 Å². The number of aromatic nitrogens is 4. The summed E-state index contributed by atoms with van der Waals surface area (Å²) in [6.45, 7) is 10.3. The maximum Gasteiger partial charge on any atom is 0.263 e. The number of hydrogen-bond donors (Lipinski definition) is 2. The van der Waals surface area contributed by atoms with E-state index in [9.17, 15) is 19.2 Å². The quantitative estimate of drug-likeness (QED) is 0.157. The second-order valence-corrected chi connectivity index (χ2v) is 15.8. The summed E-state index contributed by atoms with van der Waals surface area (Å²) in [5.74, 6) is 0.865. The molecule has 0 spiro atoms. The Morgan fingerprint density at radius 3 is 2.35 bits per heavy atom. The number of nitrogens with one attached hydrogen (secondary N) is 2. The molecule has 1 saturated carbocycles. The van der Waals surface area contributed by atoms with Crippen LogP contribution in [0, 0.1) is 12.8 Å². The fourth-order valence-electron chi connectivity index (χ4n) is 9.09. The number of hydrogen-bond acceptors (Lipinski definition) is 11. The molecule has 4 fully saturated rings. The monoisotopic (exact) mass is 745 g/mol. The zero-order valence-corrected chi connectivity index (χ0v) is 31.9. The van der Waals surface area contributed by atoms with E-state index < -0.39 is 0 Å². The highest BCUT2D eigenvalue weighted by atomic mass is 16.2. The first-order valence-corrected chi connectivity index (χ1v) is 20.0. The molecule has 8 rings (SSSR count). The number of anilines is 4. The number of imide groups is 1. The minimum Gasteiger partial charge on any atom is -0.372 e. The molecule has 3 aromatic heterocycles. The number of carbonyl (C=O) groups excluding carboxylic acids is 3. The number of ketones is 1. The molecule has 0 radical (unpaired) electrons. The van der Waals surface area contributed by atoms with Crippen molar-refractivity contribution in [3.05, 3.63) is 75.8 Å². The van der Waals surface area contributed by atoms with Crippen molar-refractivity contribution in [1.29, 1.82) is 0 Å². The van der Waals surface area contributed by atoms with E-state index in [1.165, 1.54) is 31.9 Å². The summed E-state index contributed by atoms with van der Waals surface area (Å²) in [6.07, 6.45) is 12.0. The largest absolute Gasteiger partial charge is 0.372 e. The summed E-state index contributed by atoms with van der Waals surface area (Å²) in [5.41, 5.74) is 4.41. The van der Waals surface area contributed by atoms with E-state index in [2.05, 4.69) is 53.5 Å². The second-order valence-electron chi connectivity index (χ2n) is 15.8. The Bertz CT molecular complexity index is 2130. The summed E-state index contributed by atoms with van der Waals surface area (Å²) < 4.78 is 1.73. The van der Waals surface area contributed by atoms with Gasteiger partial charge in [0.15, 0.2) is 5.78 Å². The Morgan fingerprint density at radius 2 is 1.64 bits per heavy atom. The number of nitrogens with zero attached hydrogens (tertiary/aromatic N) is 7. The van der Waals surface area contributed by atoms with Crippen LogP contribution in [0.15, 0.2) is 53.6 Å². The van der Waals surface area contributed by atoms with Gasteiger partial charge < -0.3 is 15.1 Å². The number of piperidine rings is 2. The van der Waals surface area contributed by atoms with Crippen LogP contribution in [0.1, 0.15) is 98.2 Å². The lowest BCUT2D eigenvalue weighted by Crippen LogP contribution is -2.47. The number of aryl methyl sites for hydroxylation is 1. The number of amides is 2. The predicted molar refractivity (Wildman–Crippen MR) is 213 cm³/mol. The Labute approximate surface area is 321 Å². The summed E-state index contributed by atoms with van der Waals surface area (Å²) in [6, 6.07) is 12.4. The number of rotatable bonds is 10. The van der Waals surface area contributed by atoms with E-state index in [0.29, 0.717) is 41.7 Å². The highest BCUT2D eigenvalue weighted by molar-refractivity contribution is 6.01. The van der Waals surface area contributed by atoms with Crippen molar-refractivity contribution in [2.45, 2.75) is 83.6 Å². The molecular formula is C42H51N9O4. The van der Waals surface area contributed by atoms with Gasteiger partial charge in [-0.3, -0.25) is 34.0 Å². The molecular weight excluding hydrogens is 695 g/mol. The molecule has 1 aliphatic carbocycles. The highest BCUT2D eigenvalue weighted by Gasteiger charge is 2.30. The lowest BCUT2D eigenvalue weighted by atomic mass is 9.89. The van der Waals surface area contributed by atoms with Crippen LogP contribution in [0.4, 0.5) is 23.1 Å². The Balaban J connectivity index is 0.818. The Morgan fingerprint density at radius 1 is 0.873 bits per heavy atom. The minimum atomic E-state index is -0.259. The minimum absolute atomic E-state index is 0.0257. The number of pyridine rings is 2.